The summed E-state index contributed by atoms with van der Waals surface area (Å²) >= 11 is 0. The number of urea groups is 1. The number of hydrogen-bond donors (Lipinski definition) is 1. The highest BCUT2D eigenvalue weighted by Crippen LogP contribution is 2.09. The van der Waals surface area contributed by atoms with Crippen LogP contribution in [0.4, 0.5) is 4.79 Å². The Morgan fingerprint density at radius 2 is 1.90 bits per heavy atom. The molecule has 1 atom stereocenters. The first-order chi connectivity index (χ1) is 9.99. The highest BCUT2D eigenvalue weighted by Gasteiger charge is 2.22. The molecule has 0 aliphatic carbocycles. The van der Waals surface area contributed by atoms with E-state index < -0.39 is 0 Å². The largest absolute Gasteiger partial charge is 0.341 e. The average Bonchev–Trinajstić information content (AvgIpc) is 2.72. The van der Waals surface area contributed by atoms with Crippen LogP contribution in [0.15, 0.2) is 6.33 Å². The highest BCUT2D eigenvalue weighted by atomic mass is 16.2. The molecule has 2 heterocycles. The van der Waals surface area contributed by atoms with Gasteiger partial charge in [0.05, 0.1) is 6.04 Å². The zero-order chi connectivity index (χ0) is 15.4. The van der Waals surface area contributed by atoms with E-state index in [1.165, 1.54) is 0 Å². The van der Waals surface area contributed by atoms with Crippen LogP contribution in [-0.2, 0) is 11.8 Å². The summed E-state index contributed by atoms with van der Waals surface area (Å²) in [6.45, 7) is 5.94. The normalized spacial score (nSPS) is 17.3. The second-order valence-corrected chi connectivity index (χ2v) is 5.32. The summed E-state index contributed by atoms with van der Waals surface area (Å²) < 4.78 is 1.78. The molecular formula is C13H22N6O2. The first-order valence-electron chi connectivity index (χ1n) is 7.14. The minimum absolute atomic E-state index is 0.0599. The summed E-state index contributed by atoms with van der Waals surface area (Å²) in [7, 11) is 1.84. The number of carbonyl (C=O) groups is 2. The molecule has 8 nitrogen and oxygen atoms in total. The molecule has 0 radical (unpaired) electrons. The van der Waals surface area contributed by atoms with Gasteiger partial charge >= 0.3 is 6.03 Å². The Hall–Kier alpha value is -2.12. The van der Waals surface area contributed by atoms with Gasteiger partial charge in [-0.3, -0.25) is 4.79 Å². The topological polar surface area (TPSA) is 83.4 Å². The molecule has 0 aromatic carbocycles. The molecule has 1 N–H and O–H groups in total. The molecule has 2 rings (SSSR count). The molecule has 1 aliphatic heterocycles. The van der Waals surface area contributed by atoms with Gasteiger partial charge in [0.15, 0.2) is 5.82 Å². The van der Waals surface area contributed by atoms with Crippen molar-refractivity contribution < 1.29 is 9.59 Å². The molecule has 0 saturated carbocycles. The molecule has 3 amide bonds. The molecule has 1 saturated heterocycles. The van der Waals surface area contributed by atoms with Crippen LogP contribution >= 0.6 is 0 Å². The van der Waals surface area contributed by atoms with Crippen LogP contribution in [0.3, 0.4) is 0 Å². The van der Waals surface area contributed by atoms with Gasteiger partial charge in [0, 0.05) is 40.2 Å². The SMILES string of the molecule is CC(=O)N1CCCN(C(=O)N[C@@H](C)c2nncn2C)CC1. The van der Waals surface area contributed by atoms with Gasteiger partial charge in [-0.25, -0.2) is 4.79 Å². The fourth-order valence-electron chi connectivity index (χ4n) is 2.46. The Kier molecular flexibility index (Phi) is 4.77. The number of nitrogens with one attached hydrogen (secondary N) is 1. The van der Waals surface area contributed by atoms with Crippen molar-refractivity contribution >= 4 is 11.9 Å². The van der Waals surface area contributed by atoms with E-state index >= 15 is 0 Å². The van der Waals surface area contributed by atoms with Crippen molar-refractivity contribution in [2.75, 3.05) is 26.2 Å². The lowest BCUT2D eigenvalue weighted by Gasteiger charge is -2.23. The zero-order valence-corrected chi connectivity index (χ0v) is 12.7. The van der Waals surface area contributed by atoms with E-state index in [2.05, 4.69) is 15.5 Å². The smallest absolute Gasteiger partial charge is 0.318 e. The monoisotopic (exact) mass is 294 g/mol. The second-order valence-electron chi connectivity index (χ2n) is 5.32. The lowest BCUT2D eigenvalue weighted by Crippen LogP contribution is -2.43. The van der Waals surface area contributed by atoms with Gasteiger partial charge in [0.1, 0.15) is 6.33 Å². The Morgan fingerprint density at radius 1 is 1.24 bits per heavy atom. The van der Waals surface area contributed by atoms with Gasteiger partial charge in [0.25, 0.3) is 0 Å². The van der Waals surface area contributed by atoms with E-state index in [1.807, 2.05) is 14.0 Å². The van der Waals surface area contributed by atoms with Gasteiger partial charge in [-0.05, 0) is 13.3 Å². The molecule has 21 heavy (non-hydrogen) atoms. The predicted octanol–water partition coefficient (Wildman–Crippen LogP) is 0.140. The second kappa shape index (κ2) is 6.55. The highest BCUT2D eigenvalue weighted by molar-refractivity contribution is 5.75. The number of carbonyl (C=O) groups excluding carboxylic acids is 2. The fraction of sp³-hybridized carbons (Fsp3) is 0.692. The molecule has 1 aromatic rings. The summed E-state index contributed by atoms with van der Waals surface area (Å²) in [5.41, 5.74) is 0. The molecule has 116 valence electrons. The summed E-state index contributed by atoms with van der Waals surface area (Å²) in [5.74, 6) is 0.772. The van der Waals surface area contributed by atoms with Crippen molar-refractivity contribution in [1.29, 1.82) is 0 Å². The maximum absolute atomic E-state index is 12.3. The van der Waals surface area contributed by atoms with Crippen LogP contribution in [0, 0.1) is 0 Å². The predicted molar refractivity (Wildman–Crippen MR) is 76.4 cm³/mol. The number of hydrogen-bond acceptors (Lipinski definition) is 4. The molecule has 1 aliphatic rings. The Morgan fingerprint density at radius 3 is 2.52 bits per heavy atom. The van der Waals surface area contributed by atoms with Gasteiger partial charge in [0.2, 0.25) is 5.91 Å². The number of nitrogens with zero attached hydrogens (tertiary/aromatic N) is 5. The van der Waals surface area contributed by atoms with Crippen molar-refractivity contribution in [2.24, 2.45) is 7.05 Å². The molecular weight excluding hydrogens is 272 g/mol. The molecule has 0 spiro atoms. The van der Waals surface area contributed by atoms with Crippen LogP contribution in [0.25, 0.3) is 0 Å². The number of rotatable bonds is 2. The first kappa shape index (κ1) is 15.3. The summed E-state index contributed by atoms with van der Waals surface area (Å²) in [6.07, 6.45) is 2.40. The van der Waals surface area contributed by atoms with E-state index in [0.29, 0.717) is 32.0 Å². The van der Waals surface area contributed by atoms with Crippen molar-refractivity contribution in [2.45, 2.75) is 26.3 Å². The third-order valence-corrected chi connectivity index (χ3v) is 3.70. The fourth-order valence-corrected chi connectivity index (χ4v) is 2.46. The number of amides is 3. The molecule has 1 fully saturated rings. The Labute approximate surface area is 124 Å². The van der Waals surface area contributed by atoms with Gasteiger partial charge in [-0.1, -0.05) is 0 Å². The summed E-state index contributed by atoms with van der Waals surface area (Å²) in [4.78, 5) is 27.2. The first-order valence-corrected chi connectivity index (χ1v) is 7.14. The van der Waals surface area contributed by atoms with Crippen LogP contribution in [0.2, 0.25) is 0 Å². The van der Waals surface area contributed by atoms with E-state index in [1.54, 1.807) is 27.6 Å². The quantitative estimate of drug-likeness (QED) is 0.841. The Balaban J connectivity index is 1.91. The standard InChI is InChI=1S/C13H22N6O2/c1-10(12-16-14-9-17(12)3)15-13(21)19-6-4-5-18(7-8-19)11(2)20/h9-10H,4-8H2,1-3H3,(H,15,21)/t10-/m0/s1. The van der Waals surface area contributed by atoms with Gasteiger partial charge < -0.3 is 19.7 Å². The minimum atomic E-state index is -0.211. The molecule has 0 bridgehead atoms. The van der Waals surface area contributed by atoms with Crippen molar-refractivity contribution in [1.82, 2.24) is 29.9 Å². The van der Waals surface area contributed by atoms with E-state index in [0.717, 1.165) is 6.42 Å². The maximum atomic E-state index is 12.3. The van der Waals surface area contributed by atoms with Gasteiger partial charge in [-0.2, -0.15) is 0 Å². The van der Waals surface area contributed by atoms with Crippen LogP contribution in [0.5, 0.6) is 0 Å². The van der Waals surface area contributed by atoms with E-state index in [9.17, 15) is 9.59 Å². The Bertz CT molecular complexity index is 515. The molecule has 1 aromatic heterocycles. The number of aromatic nitrogens is 3. The minimum Gasteiger partial charge on any atom is -0.341 e. The third-order valence-electron chi connectivity index (χ3n) is 3.70. The van der Waals surface area contributed by atoms with E-state index in [4.69, 9.17) is 0 Å². The van der Waals surface area contributed by atoms with Crippen molar-refractivity contribution in [3.05, 3.63) is 12.2 Å². The third kappa shape index (κ3) is 3.71. The lowest BCUT2D eigenvalue weighted by molar-refractivity contribution is -0.128. The van der Waals surface area contributed by atoms with E-state index in [-0.39, 0.29) is 18.0 Å². The van der Waals surface area contributed by atoms with Gasteiger partial charge in [-0.15, -0.1) is 10.2 Å². The summed E-state index contributed by atoms with van der Waals surface area (Å²) in [6, 6.07) is -0.340. The molecule has 0 unspecified atom stereocenters. The average molecular weight is 294 g/mol. The van der Waals surface area contributed by atoms with Crippen molar-refractivity contribution in [3.63, 3.8) is 0 Å². The number of aryl methyl sites for hydroxylation is 1. The van der Waals surface area contributed by atoms with Crippen LogP contribution in [0.1, 0.15) is 32.1 Å². The van der Waals surface area contributed by atoms with Crippen LogP contribution < -0.4 is 5.32 Å². The lowest BCUT2D eigenvalue weighted by atomic mass is 10.3. The summed E-state index contributed by atoms with van der Waals surface area (Å²) in [5, 5.41) is 10.7. The zero-order valence-electron chi connectivity index (χ0n) is 12.7. The van der Waals surface area contributed by atoms with Crippen LogP contribution in [-0.4, -0.2) is 62.7 Å². The molecule has 8 heteroatoms. The maximum Gasteiger partial charge on any atom is 0.318 e. The van der Waals surface area contributed by atoms with Crippen molar-refractivity contribution in [3.8, 4) is 0 Å².